The Hall–Kier alpha value is -1.22. The number of carboxylic acid groups (broad SMARTS) is 2. The largest absolute Gasteiger partial charge is 0.481 e. The van der Waals surface area contributed by atoms with E-state index in [0.717, 1.165) is 51.4 Å². The number of hydrogen-bond donors (Lipinski definition) is 4. The lowest BCUT2D eigenvalue weighted by Crippen LogP contribution is -2.27. The van der Waals surface area contributed by atoms with Gasteiger partial charge in [-0.2, -0.15) is 0 Å². The van der Waals surface area contributed by atoms with Gasteiger partial charge in [0.25, 0.3) is 0 Å². The molecule has 4 N–H and O–H groups in total. The standard InChI is InChI=1S/2C7H10O3.C7H16O2/c2*8-7(9)4-1-2-5-6(3-4)10-5;1-3-7(4-2,5-8)6-9/h2*4-6H,1-3H2,(H,8,9);8-9H,3-6H2,1-2H3. The third-order valence-electron chi connectivity index (χ3n) is 6.88. The van der Waals surface area contributed by atoms with Crippen LogP contribution in [0.1, 0.15) is 65.2 Å². The quantitative estimate of drug-likeness (QED) is 0.482. The van der Waals surface area contributed by atoms with Crippen LogP contribution >= 0.6 is 0 Å². The minimum atomic E-state index is -0.658. The Morgan fingerprint density at radius 3 is 1.34 bits per heavy atom. The molecule has 0 spiro atoms. The van der Waals surface area contributed by atoms with Gasteiger partial charge in [-0.1, -0.05) is 13.8 Å². The minimum Gasteiger partial charge on any atom is -0.481 e. The average molecular weight is 417 g/mol. The molecule has 2 saturated heterocycles. The molecule has 4 rings (SSSR count). The van der Waals surface area contributed by atoms with Gasteiger partial charge in [-0.3, -0.25) is 9.59 Å². The van der Waals surface area contributed by atoms with Crippen molar-refractivity contribution in [3.63, 3.8) is 0 Å². The van der Waals surface area contributed by atoms with Crippen LogP contribution in [0.2, 0.25) is 0 Å². The summed E-state index contributed by atoms with van der Waals surface area (Å²) in [5.74, 6) is -1.59. The van der Waals surface area contributed by atoms with E-state index in [0.29, 0.717) is 12.2 Å². The van der Waals surface area contributed by atoms with Crippen molar-refractivity contribution < 1.29 is 39.5 Å². The van der Waals surface area contributed by atoms with Crippen LogP contribution in [0.15, 0.2) is 0 Å². The normalized spacial score (nSPS) is 34.2. The molecular weight excluding hydrogens is 380 g/mol. The van der Waals surface area contributed by atoms with E-state index in [9.17, 15) is 9.59 Å². The van der Waals surface area contributed by atoms with Gasteiger partial charge in [0.15, 0.2) is 0 Å². The van der Waals surface area contributed by atoms with Crippen molar-refractivity contribution in [1.82, 2.24) is 0 Å². The Bertz CT molecular complexity index is 491. The zero-order valence-corrected chi connectivity index (χ0v) is 17.5. The molecule has 0 bridgehead atoms. The van der Waals surface area contributed by atoms with Crippen molar-refractivity contribution >= 4 is 11.9 Å². The fourth-order valence-electron chi connectivity index (χ4n) is 4.00. The van der Waals surface area contributed by atoms with Crippen molar-refractivity contribution in [2.24, 2.45) is 17.3 Å². The number of epoxide rings is 2. The zero-order valence-electron chi connectivity index (χ0n) is 17.5. The molecule has 0 amide bonds. The summed E-state index contributed by atoms with van der Waals surface area (Å²) in [4.78, 5) is 20.9. The summed E-state index contributed by atoms with van der Waals surface area (Å²) in [6.07, 6.45) is 8.06. The fraction of sp³-hybridized carbons (Fsp3) is 0.905. The van der Waals surface area contributed by atoms with E-state index in [2.05, 4.69) is 0 Å². The van der Waals surface area contributed by atoms with Crippen molar-refractivity contribution in [2.75, 3.05) is 13.2 Å². The van der Waals surface area contributed by atoms with Crippen LogP contribution in [0.5, 0.6) is 0 Å². The molecule has 0 aromatic heterocycles. The van der Waals surface area contributed by atoms with Gasteiger partial charge in [-0.05, 0) is 51.4 Å². The number of ether oxygens (including phenoxy) is 2. The van der Waals surface area contributed by atoms with Crippen LogP contribution in [0.4, 0.5) is 0 Å². The maximum atomic E-state index is 10.5. The molecule has 8 heteroatoms. The summed E-state index contributed by atoms with van der Waals surface area (Å²) in [5.41, 5.74) is -0.222. The highest BCUT2D eigenvalue weighted by molar-refractivity contribution is 5.70. The van der Waals surface area contributed by atoms with Crippen LogP contribution in [0.3, 0.4) is 0 Å². The molecule has 4 aliphatic rings. The highest BCUT2D eigenvalue weighted by atomic mass is 16.6. The first-order chi connectivity index (χ1) is 13.8. The Morgan fingerprint density at radius 2 is 1.14 bits per heavy atom. The monoisotopic (exact) mass is 416 g/mol. The SMILES string of the molecule is CCC(CC)(CO)CO.O=C(O)C1CCC2OC2C1.O=C(O)C1CCC2OC2C1. The van der Waals surface area contributed by atoms with Gasteiger partial charge in [-0.15, -0.1) is 0 Å². The van der Waals surface area contributed by atoms with Crippen molar-refractivity contribution in [1.29, 1.82) is 0 Å². The molecule has 168 valence electrons. The molecule has 4 fully saturated rings. The molecular formula is C21H36O8. The van der Waals surface area contributed by atoms with E-state index < -0.39 is 11.9 Å². The third-order valence-corrected chi connectivity index (χ3v) is 6.88. The lowest BCUT2D eigenvalue weighted by molar-refractivity contribution is -0.143. The molecule has 6 unspecified atom stereocenters. The first-order valence-corrected chi connectivity index (χ1v) is 10.8. The summed E-state index contributed by atoms with van der Waals surface area (Å²) in [5, 5.41) is 34.9. The van der Waals surface area contributed by atoms with Gasteiger partial charge >= 0.3 is 11.9 Å². The first kappa shape index (κ1) is 24.1. The van der Waals surface area contributed by atoms with E-state index in [-0.39, 0.29) is 42.7 Å². The van der Waals surface area contributed by atoms with Gasteiger partial charge in [0.05, 0.1) is 49.5 Å². The Morgan fingerprint density at radius 1 is 0.759 bits per heavy atom. The Kier molecular flexibility index (Phi) is 8.88. The zero-order chi connectivity index (χ0) is 21.6. The summed E-state index contributed by atoms with van der Waals surface area (Å²) < 4.78 is 10.4. The number of fused-ring (bicyclic) bond motifs is 2. The molecule has 2 aliphatic carbocycles. The highest BCUT2D eigenvalue weighted by Gasteiger charge is 2.46. The van der Waals surface area contributed by atoms with Crippen molar-refractivity contribution in [3.8, 4) is 0 Å². The maximum Gasteiger partial charge on any atom is 0.306 e. The van der Waals surface area contributed by atoms with Crippen LogP contribution in [-0.2, 0) is 19.1 Å². The number of aliphatic hydroxyl groups excluding tert-OH is 2. The summed E-state index contributed by atoms with van der Waals surface area (Å²) in [6.45, 7) is 4.15. The van der Waals surface area contributed by atoms with Crippen LogP contribution in [0.25, 0.3) is 0 Å². The molecule has 2 saturated carbocycles. The van der Waals surface area contributed by atoms with E-state index in [1.807, 2.05) is 13.8 Å². The van der Waals surface area contributed by atoms with Crippen molar-refractivity contribution in [2.45, 2.75) is 89.6 Å². The molecule has 0 radical (unpaired) electrons. The predicted octanol–water partition coefficient (Wildman–Crippen LogP) is 2.05. The molecule has 0 aromatic carbocycles. The number of rotatable bonds is 6. The van der Waals surface area contributed by atoms with Crippen LogP contribution in [0, 0.1) is 17.3 Å². The second kappa shape index (κ2) is 10.7. The predicted molar refractivity (Wildman–Crippen MR) is 104 cm³/mol. The summed E-state index contributed by atoms with van der Waals surface area (Å²) in [7, 11) is 0. The number of aliphatic hydroxyl groups is 2. The lowest BCUT2D eigenvalue weighted by atomic mass is 9.84. The smallest absolute Gasteiger partial charge is 0.306 e. The summed E-state index contributed by atoms with van der Waals surface area (Å²) in [6, 6.07) is 0. The van der Waals surface area contributed by atoms with E-state index in [1.165, 1.54) is 0 Å². The first-order valence-electron chi connectivity index (χ1n) is 10.8. The van der Waals surface area contributed by atoms with E-state index in [1.54, 1.807) is 0 Å². The van der Waals surface area contributed by atoms with E-state index >= 15 is 0 Å². The van der Waals surface area contributed by atoms with E-state index in [4.69, 9.17) is 29.9 Å². The molecule has 0 aromatic rings. The molecule has 29 heavy (non-hydrogen) atoms. The summed E-state index contributed by atoms with van der Waals surface area (Å²) >= 11 is 0. The van der Waals surface area contributed by atoms with Crippen molar-refractivity contribution in [3.05, 3.63) is 0 Å². The fourth-order valence-corrected chi connectivity index (χ4v) is 4.00. The van der Waals surface area contributed by atoms with Gasteiger partial charge in [0.2, 0.25) is 0 Å². The number of aliphatic carboxylic acids is 2. The van der Waals surface area contributed by atoms with Crippen LogP contribution < -0.4 is 0 Å². The van der Waals surface area contributed by atoms with Gasteiger partial charge in [0.1, 0.15) is 0 Å². The minimum absolute atomic E-state index is 0.0938. The topological polar surface area (TPSA) is 140 Å². The lowest BCUT2D eigenvalue weighted by Gasteiger charge is -2.25. The van der Waals surface area contributed by atoms with Gasteiger partial charge in [-0.25, -0.2) is 0 Å². The average Bonchev–Trinajstić information content (AvgIpc) is 3.64. The number of hydrogen-bond acceptors (Lipinski definition) is 6. The molecule has 6 atom stereocenters. The second-order valence-corrected chi connectivity index (χ2v) is 8.65. The maximum absolute atomic E-state index is 10.5. The highest BCUT2D eigenvalue weighted by Crippen LogP contribution is 2.40. The Labute approximate surface area is 172 Å². The van der Waals surface area contributed by atoms with Gasteiger partial charge in [0, 0.05) is 5.41 Å². The third kappa shape index (κ3) is 6.91. The number of carbonyl (C=O) groups is 2. The van der Waals surface area contributed by atoms with Gasteiger partial charge < -0.3 is 29.9 Å². The second-order valence-electron chi connectivity index (χ2n) is 8.65. The molecule has 2 heterocycles. The molecule has 2 aliphatic heterocycles. The molecule has 8 nitrogen and oxygen atoms in total. The Balaban J connectivity index is 0.000000156. The van der Waals surface area contributed by atoms with Crippen LogP contribution in [-0.4, -0.2) is 70.0 Å². The number of carboxylic acids is 2.